The third kappa shape index (κ3) is 2.85. The summed E-state index contributed by atoms with van der Waals surface area (Å²) in [4.78, 5) is 11.5. The van der Waals surface area contributed by atoms with Crippen molar-refractivity contribution in [3.8, 4) is 5.75 Å². The van der Waals surface area contributed by atoms with Crippen LogP contribution in [0.3, 0.4) is 0 Å². The first-order valence-corrected chi connectivity index (χ1v) is 7.42. The van der Waals surface area contributed by atoms with E-state index >= 15 is 0 Å². The standard InChI is InChI=1S/C16H13Cl2NO3/c1-21-16(20)9-2-5-14-13(6-9)19-8-15(22-14)11-4-3-10(17)7-12(11)18/h2-7,15,19H,8H2,1H3/t15-/m0/s1. The molecule has 0 unspecified atom stereocenters. The zero-order valence-corrected chi connectivity index (χ0v) is 13.2. The van der Waals surface area contributed by atoms with Crippen LogP contribution < -0.4 is 10.1 Å². The predicted molar refractivity (Wildman–Crippen MR) is 86.1 cm³/mol. The van der Waals surface area contributed by atoms with Gasteiger partial charge in [-0.3, -0.25) is 0 Å². The number of rotatable bonds is 2. The van der Waals surface area contributed by atoms with E-state index in [1.165, 1.54) is 7.11 Å². The van der Waals surface area contributed by atoms with E-state index in [2.05, 4.69) is 5.32 Å². The summed E-state index contributed by atoms with van der Waals surface area (Å²) in [5.41, 5.74) is 2.09. The first kappa shape index (κ1) is 15.0. The molecule has 1 aliphatic heterocycles. The molecule has 6 heteroatoms. The van der Waals surface area contributed by atoms with Gasteiger partial charge in [0.25, 0.3) is 0 Å². The molecular weight excluding hydrogens is 325 g/mol. The van der Waals surface area contributed by atoms with Crippen molar-refractivity contribution in [3.05, 3.63) is 57.6 Å². The van der Waals surface area contributed by atoms with Crippen LogP contribution in [0.4, 0.5) is 5.69 Å². The summed E-state index contributed by atoms with van der Waals surface area (Å²) in [7, 11) is 1.35. The first-order chi connectivity index (χ1) is 10.6. The van der Waals surface area contributed by atoms with Crippen molar-refractivity contribution in [3.63, 3.8) is 0 Å². The largest absolute Gasteiger partial charge is 0.482 e. The number of hydrogen-bond acceptors (Lipinski definition) is 4. The lowest BCUT2D eigenvalue weighted by Crippen LogP contribution is -2.24. The third-order valence-corrected chi connectivity index (χ3v) is 4.02. The molecular formula is C16H13Cl2NO3. The average molecular weight is 338 g/mol. The van der Waals surface area contributed by atoms with E-state index in [4.69, 9.17) is 32.7 Å². The Kier molecular flexibility index (Phi) is 4.14. The molecule has 0 amide bonds. The van der Waals surface area contributed by atoms with Crippen LogP contribution in [-0.2, 0) is 4.74 Å². The van der Waals surface area contributed by atoms with Crippen molar-refractivity contribution in [1.82, 2.24) is 0 Å². The van der Waals surface area contributed by atoms with Crippen LogP contribution in [0.1, 0.15) is 22.0 Å². The number of carbonyl (C=O) groups is 1. The molecule has 22 heavy (non-hydrogen) atoms. The van der Waals surface area contributed by atoms with Crippen molar-refractivity contribution in [2.75, 3.05) is 19.0 Å². The Labute approximate surface area is 137 Å². The fraction of sp³-hybridized carbons (Fsp3) is 0.188. The summed E-state index contributed by atoms with van der Waals surface area (Å²) in [6, 6.07) is 10.4. The number of methoxy groups -OCH3 is 1. The number of ether oxygens (including phenoxy) is 2. The molecule has 1 aliphatic rings. The molecule has 0 bridgehead atoms. The van der Waals surface area contributed by atoms with Crippen molar-refractivity contribution in [1.29, 1.82) is 0 Å². The highest BCUT2D eigenvalue weighted by molar-refractivity contribution is 6.35. The molecule has 114 valence electrons. The monoisotopic (exact) mass is 337 g/mol. The van der Waals surface area contributed by atoms with E-state index in [1.807, 2.05) is 6.07 Å². The topological polar surface area (TPSA) is 47.6 Å². The second kappa shape index (κ2) is 6.07. The minimum Gasteiger partial charge on any atom is -0.482 e. The molecule has 0 radical (unpaired) electrons. The average Bonchev–Trinajstić information content (AvgIpc) is 2.53. The summed E-state index contributed by atoms with van der Waals surface area (Å²) in [5.74, 6) is 0.280. The van der Waals surface area contributed by atoms with Gasteiger partial charge >= 0.3 is 5.97 Å². The number of halogens is 2. The second-order valence-electron chi connectivity index (χ2n) is 4.86. The third-order valence-electron chi connectivity index (χ3n) is 3.46. The molecule has 1 atom stereocenters. The van der Waals surface area contributed by atoms with Crippen LogP contribution in [0.2, 0.25) is 10.0 Å². The molecule has 0 aliphatic carbocycles. The Morgan fingerprint density at radius 2 is 2.09 bits per heavy atom. The smallest absolute Gasteiger partial charge is 0.337 e. The number of benzene rings is 2. The fourth-order valence-electron chi connectivity index (χ4n) is 2.35. The summed E-state index contributed by atoms with van der Waals surface area (Å²) in [5, 5.41) is 4.40. The number of hydrogen-bond donors (Lipinski definition) is 1. The molecule has 4 nitrogen and oxygen atoms in total. The maximum absolute atomic E-state index is 11.5. The Hall–Kier alpha value is -1.91. The van der Waals surface area contributed by atoms with Crippen LogP contribution >= 0.6 is 23.2 Å². The van der Waals surface area contributed by atoms with Gasteiger partial charge in [0.05, 0.1) is 24.9 Å². The van der Waals surface area contributed by atoms with Gasteiger partial charge in [-0.15, -0.1) is 0 Å². The van der Waals surface area contributed by atoms with Gasteiger partial charge < -0.3 is 14.8 Å². The summed E-state index contributed by atoms with van der Waals surface area (Å²) in [6.45, 7) is 0.541. The van der Waals surface area contributed by atoms with Crippen LogP contribution in [0.15, 0.2) is 36.4 Å². The molecule has 0 saturated carbocycles. The van der Waals surface area contributed by atoms with E-state index in [-0.39, 0.29) is 12.1 Å². The lowest BCUT2D eigenvalue weighted by atomic mass is 10.1. The molecule has 0 saturated heterocycles. The molecule has 2 aromatic rings. The highest BCUT2D eigenvalue weighted by Crippen LogP contribution is 2.37. The summed E-state index contributed by atoms with van der Waals surface area (Å²) >= 11 is 12.1. The SMILES string of the molecule is COC(=O)c1ccc2c(c1)NC[C@@H](c1ccc(Cl)cc1Cl)O2. The maximum atomic E-state index is 11.5. The highest BCUT2D eigenvalue weighted by atomic mass is 35.5. The van der Waals surface area contributed by atoms with Gasteiger partial charge in [0, 0.05) is 15.6 Å². The van der Waals surface area contributed by atoms with Gasteiger partial charge in [0.15, 0.2) is 0 Å². The fourth-order valence-corrected chi connectivity index (χ4v) is 2.88. The molecule has 0 fully saturated rings. The Morgan fingerprint density at radius 1 is 1.27 bits per heavy atom. The van der Waals surface area contributed by atoms with Crippen molar-refractivity contribution in [2.45, 2.75) is 6.10 Å². The van der Waals surface area contributed by atoms with Gasteiger partial charge in [-0.05, 0) is 30.3 Å². The highest BCUT2D eigenvalue weighted by Gasteiger charge is 2.24. The summed E-state index contributed by atoms with van der Waals surface area (Å²) < 4.78 is 10.7. The van der Waals surface area contributed by atoms with Crippen LogP contribution in [0.5, 0.6) is 5.75 Å². The van der Waals surface area contributed by atoms with Crippen LogP contribution in [0.25, 0.3) is 0 Å². The second-order valence-corrected chi connectivity index (χ2v) is 5.70. The molecule has 0 spiro atoms. The van der Waals surface area contributed by atoms with E-state index in [9.17, 15) is 4.79 Å². The number of esters is 1. The molecule has 1 heterocycles. The minimum atomic E-state index is -0.382. The van der Waals surface area contributed by atoms with E-state index in [0.717, 1.165) is 11.3 Å². The van der Waals surface area contributed by atoms with E-state index in [1.54, 1.807) is 30.3 Å². The predicted octanol–water partition coefficient (Wildman–Crippen LogP) is 4.33. The lowest BCUT2D eigenvalue weighted by molar-refractivity contribution is 0.0600. The number of nitrogens with one attached hydrogen (secondary N) is 1. The van der Waals surface area contributed by atoms with Crippen molar-refractivity contribution >= 4 is 34.9 Å². The quantitative estimate of drug-likeness (QED) is 0.828. The van der Waals surface area contributed by atoms with Crippen LogP contribution in [-0.4, -0.2) is 19.6 Å². The van der Waals surface area contributed by atoms with Gasteiger partial charge in [0.1, 0.15) is 11.9 Å². The molecule has 2 aromatic carbocycles. The Morgan fingerprint density at radius 3 is 2.82 bits per heavy atom. The zero-order chi connectivity index (χ0) is 15.7. The van der Waals surface area contributed by atoms with Gasteiger partial charge in [0.2, 0.25) is 0 Å². The summed E-state index contributed by atoms with van der Waals surface area (Å²) in [6.07, 6.45) is -0.221. The Balaban J connectivity index is 1.86. The zero-order valence-electron chi connectivity index (χ0n) is 11.7. The molecule has 1 N–H and O–H groups in total. The normalized spacial score (nSPS) is 16.2. The van der Waals surface area contributed by atoms with Crippen molar-refractivity contribution < 1.29 is 14.3 Å². The first-order valence-electron chi connectivity index (χ1n) is 6.66. The van der Waals surface area contributed by atoms with Crippen molar-refractivity contribution in [2.24, 2.45) is 0 Å². The van der Waals surface area contributed by atoms with E-state index < -0.39 is 0 Å². The minimum absolute atomic E-state index is 0.221. The lowest BCUT2D eigenvalue weighted by Gasteiger charge is -2.28. The number of anilines is 1. The van der Waals surface area contributed by atoms with Gasteiger partial charge in [-0.25, -0.2) is 4.79 Å². The number of carbonyl (C=O) groups excluding carboxylic acids is 1. The van der Waals surface area contributed by atoms with Gasteiger partial charge in [-0.1, -0.05) is 29.3 Å². The van der Waals surface area contributed by atoms with Gasteiger partial charge in [-0.2, -0.15) is 0 Å². The Bertz CT molecular complexity index is 733. The van der Waals surface area contributed by atoms with Crippen LogP contribution in [0, 0.1) is 0 Å². The maximum Gasteiger partial charge on any atom is 0.337 e. The number of fused-ring (bicyclic) bond motifs is 1. The van der Waals surface area contributed by atoms with E-state index in [0.29, 0.717) is 27.9 Å². The molecule has 3 rings (SSSR count). The molecule has 0 aromatic heterocycles.